The van der Waals surface area contributed by atoms with Gasteiger partial charge in [-0.05, 0) is 17.7 Å². The van der Waals surface area contributed by atoms with E-state index in [9.17, 15) is 13.6 Å². The van der Waals surface area contributed by atoms with Crippen LogP contribution in [0.15, 0.2) is 35.4 Å². The molecule has 0 spiro atoms. The van der Waals surface area contributed by atoms with Crippen LogP contribution in [-0.4, -0.2) is 19.6 Å². The molecule has 102 valence electrons. The maximum absolute atomic E-state index is 13.0. The molecule has 0 saturated carbocycles. The number of rotatable bonds is 3. The summed E-state index contributed by atoms with van der Waals surface area (Å²) in [6.07, 6.45) is 1.33. The molecule has 3 aromatic rings. The van der Waals surface area contributed by atoms with E-state index in [1.807, 2.05) is 0 Å². The molecule has 2 aromatic heterocycles. The first-order valence-corrected chi connectivity index (χ1v) is 5.74. The molecule has 2 heterocycles. The van der Waals surface area contributed by atoms with Crippen LogP contribution in [0.2, 0.25) is 0 Å². The third kappa shape index (κ3) is 2.22. The van der Waals surface area contributed by atoms with E-state index in [4.69, 9.17) is 0 Å². The van der Waals surface area contributed by atoms with Crippen molar-refractivity contribution in [2.75, 3.05) is 5.32 Å². The minimum absolute atomic E-state index is 0.273. The number of hydrogen-bond donors (Lipinski definition) is 2. The van der Waals surface area contributed by atoms with Gasteiger partial charge in [-0.2, -0.15) is 5.10 Å². The molecule has 1 aromatic carbocycles. The van der Waals surface area contributed by atoms with E-state index in [0.717, 1.165) is 12.1 Å². The zero-order chi connectivity index (χ0) is 14.1. The Morgan fingerprint density at radius 1 is 1.25 bits per heavy atom. The van der Waals surface area contributed by atoms with Gasteiger partial charge in [-0.3, -0.25) is 0 Å². The summed E-state index contributed by atoms with van der Waals surface area (Å²) in [7, 11) is 0. The summed E-state index contributed by atoms with van der Waals surface area (Å²) in [5.74, 6) is -1.31. The minimum atomic E-state index is -0.897. The first-order chi connectivity index (χ1) is 9.63. The predicted octanol–water partition coefficient (Wildman–Crippen LogP) is 1.31. The van der Waals surface area contributed by atoms with E-state index < -0.39 is 11.6 Å². The summed E-state index contributed by atoms with van der Waals surface area (Å²) in [4.78, 5) is 15.3. The molecule has 3 rings (SSSR count). The van der Waals surface area contributed by atoms with Gasteiger partial charge in [0.05, 0.1) is 0 Å². The number of anilines is 1. The molecule has 0 aliphatic heterocycles. The lowest BCUT2D eigenvalue weighted by Gasteiger charge is -2.06. The van der Waals surface area contributed by atoms with Gasteiger partial charge in [-0.1, -0.05) is 6.07 Å². The molecular formula is C12H9F2N5O. The monoisotopic (exact) mass is 277 g/mol. The fourth-order valence-electron chi connectivity index (χ4n) is 1.75. The number of aromatic amines is 1. The average molecular weight is 277 g/mol. The topological polar surface area (TPSA) is 75.1 Å². The van der Waals surface area contributed by atoms with E-state index in [1.165, 1.54) is 16.8 Å². The van der Waals surface area contributed by atoms with Crippen LogP contribution in [0.4, 0.5) is 14.6 Å². The number of hydrogen-bond acceptors (Lipinski definition) is 4. The van der Waals surface area contributed by atoms with Crippen LogP contribution in [0.3, 0.4) is 0 Å². The maximum Gasteiger partial charge on any atom is 0.348 e. The first kappa shape index (κ1) is 12.3. The molecule has 0 radical (unpaired) electrons. The van der Waals surface area contributed by atoms with Gasteiger partial charge in [-0.25, -0.2) is 28.1 Å². The second kappa shape index (κ2) is 4.72. The lowest BCUT2D eigenvalue weighted by molar-refractivity contribution is 0.507. The summed E-state index contributed by atoms with van der Waals surface area (Å²) >= 11 is 0. The normalized spacial score (nSPS) is 10.9. The number of aromatic nitrogens is 4. The molecular weight excluding hydrogens is 268 g/mol. The van der Waals surface area contributed by atoms with Crippen molar-refractivity contribution < 1.29 is 8.78 Å². The Balaban J connectivity index is 1.79. The van der Waals surface area contributed by atoms with Gasteiger partial charge in [-0.15, -0.1) is 0 Å². The molecule has 0 saturated heterocycles. The minimum Gasteiger partial charge on any atom is -0.366 e. The standard InChI is InChI=1S/C12H9F2N5O/c13-8-2-1-7(3-9(8)14)5-15-10-4-11-17-18-12(20)19(11)6-16-10/h1-4,6,15H,5H2,(H,18,20). The van der Waals surface area contributed by atoms with E-state index >= 15 is 0 Å². The van der Waals surface area contributed by atoms with Crippen molar-refractivity contribution in [1.82, 2.24) is 19.6 Å². The van der Waals surface area contributed by atoms with E-state index in [2.05, 4.69) is 20.5 Å². The molecule has 0 aliphatic carbocycles. The van der Waals surface area contributed by atoms with Crippen LogP contribution >= 0.6 is 0 Å². The zero-order valence-electron chi connectivity index (χ0n) is 10.1. The number of H-pyrrole nitrogens is 1. The largest absolute Gasteiger partial charge is 0.366 e. The van der Waals surface area contributed by atoms with E-state index in [-0.39, 0.29) is 12.2 Å². The van der Waals surface area contributed by atoms with Crippen LogP contribution in [0.1, 0.15) is 5.56 Å². The van der Waals surface area contributed by atoms with Crippen molar-refractivity contribution in [3.8, 4) is 0 Å². The molecule has 0 bridgehead atoms. The zero-order valence-corrected chi connectivity index (χ0v) is 10.1. The number of fused-ring (bicyclic) bond motifs is 1. The smallest absolute Gasteiger partial charge is 0.348 e. The van der Waals surface area contributed by atoms with Crippen molar-refractivity contribution in [1.29, 1.82) is 0 Å². The van der Waals surface area contributed by atoms with Gasteiger partial charge in [0.25, 0.3) is 0 Å². The summed E-state index contributed by atoms with van der Waals surface area (Å²) in [5, 5.41) is 9.02. The van der Waals surface area contributed by atoms with Gasteiger partial charge in [0.2, 0.25) is 0 Å². The van der Waals surface area contributed by atoms with Crippen molar-refractivity contribution in [2.45, 2.75) is 6.54 Å². The Morgan fingerprint density at radius 3 is 2.90 bits per heavy atom. The average Bonchev–Trinajstić information content (AvgIpc) is 2.81. The molecule has 2 N–H and O–H groups in total. The lowest BCUT2D eigenvalue weighted by atomic mass is 10.2. The van der Waals surface area contributed by atoms with Crippen LogP contribution in [0, 0.1) is 11.6 Å². The summed E-state index contributed by atoms with van der Waals surface area (Å²) < 4.78 is 27.1. The lowest BCUT2D eigenvalue weighted by Crippen LogP contribution is -2.10. The highest BCUT2D eigenvalue weighted by molar-refractivity contribution is 5.48. The van der Waals surface area contributed by atoms with E-state index in [0.29, 0.717) is 17.0 Å². The Morgan fingerprint density at radius 2 is 2.10 bits per heavy atom. The number of benzene rings is 1. The Bertz CT molecular complexity index is 826. The first-order valence-electron chi connectivity index (χ1n) is 5.74. The fraction of sp³-hybridized carbons (Fsp3) is 0.0833. The van der Waals surface area contributed by atoms with Crippen molar-refractivity contribution >= 4 is 11.5 Å². The molecule has 8 heteroatoms. The highest BCUT2D eigenvalue weighted by Crippen LogP contribution is 2.11. The maximum atomic E-state index is 13.0. The number of nitrogens with one attached hydrogen (secondary N) is 2. The third-order valence-electron chi connectivity index (χ3n) is 2.77. The summed E-state index contributed by atoms with van der Waals surface area (Å²) in [6.45, 7) is 0.273. The molecule has 6 nitrogen and oxygen atoms in total. The molecule has 20 heavy (non-hydrogen) atoms. The Labute approximate surface area is 111 Å². The summed E-state index contributed by atoms with van der Waals surface area (Å²) in [6, 6.07) is 5.22. The van der Waals surface area contributed by atoms with Crippen LogP contribution in [0.5, 0.6) is 0 Å². The fourth-order valence-corrected chi connectivity index (χ4v) is 1.75. The molecule has 0 atom stereocenters. The Kier molecular flexibility index (Phi) is 2.90. The van der Waals surface area contributed by atoms with Crippen molar-refractivity contribution in [2.24, 2.45) is 0 Å². The van der Waals surface area contributed by atoms with Crippen LogP contribution in [0.25, 0.3) is 5.65 Å². The molecule has 0 fully saturated rings. The highest BCUT2D eigenvalue weighted by Gasteiger charge is 2.04. The third-order valence-corrected chi connectivity index (χ3v) is 2.77. The summed E-state index contributed by atoms with van der Waals surface area (Å²) in [5.41, 5.74) is 0.613. The molecule has 0 unspecified atom stereocenters. The van der Waals surface area contributed by atoms with Gasteiger partial charge in [0.15, 0.2) is 17.3 Å². The Hall–Kier alpha value is -2.77. The van der Waals surface area contributed by atoms with Gasteiger partial charge < -0.3 is 5.32 Å². The molecule has 0 amide bonds. The quantitative estimate of drug-likeness (QED) is 0.757. The second-order valence-electron chi connectivity index (χ2n) is 4.13. The SMILES string of the molecule is O=c1[nH]nc2cc(NCc3ccc(F)c(F)c3)ncn12. The van der Waals surface area contributed by atoms with Gasteiger partial charge in [0.1, 0.15) is 12.1 Å². The van der Waals surface area contributed by atoms with E-state index in [1.54, 1.807) is 6.07 Å². The molecule has 0 aliphatic rings. The highest BCUT2D eigenvalue weighted by atomic mass is 19.2. The van der Waals surface area contributed by atoms with Gasteiger partial charge >= 0.3 is 5.69 Å². The van der Waals surface area contributed by atoms with Crippen molar-refractivity contribution in [3.63, 3.8) is 0 Å². The number of halogens is 2. The van der Waals surface area contributed by atoms with Gasteiger partial charge in [0, 0.05) is 12.6 Å². The second-order valence-corrected chi connectivity index (χ2v) is 4.13. The van der Waals surface area contributed by atoms with Crippen molar-refractivity contribution in [3.05, 3.63) is 58.3 Å². The van der Waals surface area contributed by atoms with Crippen LogP contribution < -0.4 is 11.0 Å². The number of nitrogens with zero attached hydrogens (tertiary/aromatic N) is 3. The van der Waals surface area contributed by atoms with Crippen LogP contribution in [-0.2, 0) is 6.54 Å². The predicted molar refractivity (Wildman–Crippen MR) is 67.3 cm³/mol.